The molecular formula is C30H35ClN2O3. The van der Waals surface area contributed by atoms with Crippen molar-refractivity contribution in [3.8, 4) is 5.75 Å². The third-order valence-corrected chi connectivity index (χ3v) is 6.45. The molecule has 2 amide bonds. The van der Waals surface area contributed by atoms with Crippen molar-refractivity contribution >= 4 is 23.4 Å². The Labute approximate surface area is 219 Å². The molecule has 36 heavy (non-hydrogen) atoms. The zero-order valence-corrected chi connectivity index (χ0v) is 22.1. The van der Waals surface area contributed by atoms with Crippen LogP contribution in [0, 0.1) is 13.8 Å². The van der Waals surface area contributed by atoms with Gasteiger partial charge < -0.3 is 15.0 Å². The molecule has 5 nitrogen and oxygen atoms in total. The summed E-state index contributed by atoms with van der Waals surface area (Å²) in [6, 6.07) is 22.3. The summed E-state index contributed by atoms with van der Waals surface area (Å²) in [5.74, 6) is 0.194. The molecule has 0 saturated carbocycles. The number of hydrogen-bond acceptors (Lipinski definition) is 3. The molecule has 0 unspecified atom stereocenters. The minimum Gasteiger partial charge on any atom is -0.483 e. The van der Waals surface area contributed by atoms with E-state index >= 15 is 0 Å². The van der Waals surface area contributed by atoms with Gasteiger partial charge in [-0.1, -0.05) is 91.2 Å². The first kappa shape index (κ1) is 27.3. The lowest BCUT2D eigenvalue weighted by Gasteiger charge is -2.32. The number of nitrogens with zero attached hydrogens (tertiary/aromatic N) is 1. The van der Waals surface area contributed by atoms with Crippen LogP contribution in [0.4, 0.5) is 0 Å². The van der Waals surface area contributed by atoms with E-state index in [1.807, 2.05) is 80.6 Å². The largest absolute Gasteiger partial charge is 0.483 e. The molecule has 0 spiro atoms. The highest BCUT2D eigenvalue weighted by molar-refractivity contribution is 6.31. The number of unbranched alkanes of at least 4 members (excludes halogenated alkanes) is 1. The van der Waals surface area contributed by atoms with Crippen molar-refractivity contribution in [1.82, 2.24) is 10.2 Å². The van der Waals surface area contributed by atoms with Crippen LogP contribution in [0.3, 0.4) is 0 Å². The number of halogens is 1. The highest BCUT2D eigenvalue weighted by Gasteiger charge is 2.31. The maximum absolute atomic E-state index is 13.7. The van der Waals surface area contributed by atoms with Gasteiger partial charge in [0.25, 0.3) is 5.91 Å². The maximum atomic E-state index is 13.7. The Bertz CT molecular complexity index is 1150. The second kappa shape index (κ2) is 13.7. The summed E-state index contributed by atoms with van der Waals surface area (Å²) >= 11 is 6.46. The zero-order chi connectivity index (χ0) is 25.9. The molecule has 3 rings (SSSR count). The van der Waals surface area contributed by atoms with Crippen LogP contribution >= 0.6 is 11.6 Å². The fraction of sp³-hybridized carbons (Fsp3) is 0.333. The van der Waals surface area contributed by atoms with Crippen molar-refractivity contribution in [2.75, 3.05) is 13.2 Å². The third kappa shape index (κ3) is 7.85. The third-order valence-electron chi connectivity index (χ3n) is 6.08. The minimum absolute atomic E-state index is 0.179. The van der Waals surface area contributed by atoms with Crippen molar-refractivity contribution in [3.63, 3.8) is 0 Å². The summed E-state index contributed by atoms with van der Waals surface area (Å²) < 4.78 is 5.93. The number of ether oxygens (including phenoxy) is 1. The lowest BCUT2D eigenvalue weighted by atomic mass is 10.0. The monoisotopic (exact) mass is 506 g/mol. The number of aryl methyl sites for hydroxylation is 2. The van der Waals surface area contributed by atoms with E-state index in [9.17, 15) is 9.59 Å². The maximum Gasteiger partial charge on any atom is 0.261 e. The number of carbonyl (C=O) groups excluding carboxylic acids is 2. The lowest BCUT2D eigenvalue weighted by Crippen LogP contribution is -2.51. The second-order valence-electron chi connectivity index (χ2n) is 9.02. The molecule has 0 aliphatic rings. The number of rotatable bonds is 12. The summed E-state index contributed by atoms with van der Waals surface area (Å²) in [6.45, 7) is 6.63. The van der Waals surface area contributed by atoms with Crippen molar-refractivity contribution in [2.45, 2.75) is 52.6 Å². The molecule has 0 aliphatic heterocycles. The number of benzene rings is 3. The van der Waals surface area contributed by atoms with E-state index < -0.39 is 6.04 Å². The number of carbonyl (C=O) groups is 2. The van der Waals surface area contributed by atoms with Gasteiger partial charge in [-0.05, 0) is 49.1 Å². The predicted molar refractivity (Wildman–Crippen MR) is 145 cm³/mol. The van der Waals surface area contributed by atoms with Crippen LogP contribution in [0.2, 0.25) is 5.02 Å². The van der Waals surface area contributed by atoms with E-state index in [4.69, 9.17) is 16.3 Å². The van der Waals surface area contributed by atoms with Crippen LogP contribution in [0.25, 0.3) is 0 Å². The Morgan fingerprint density at radius 1 is 1.00 bits per heavy atom. The first-order valence-corrected chi connectivity index (χ1v) is 12.8. The van der Waals surface area contributed by atoms with E-state index in [2.05, 4.69) is 12.2 Å². The fourth-order valence-corrected chi connectivity index (χ4v) is 4.25. The van der Waals surface area contributed by atoms with Crippen molar-refractivity contribution < 1.29 is 14.3 Å². The second-order valence-corrected chi connectivity index (χ2v) is 9.43. The molecule has 0 heterocycles. The normalized spacial score (nSPS) is 11.6. The molecule has 0 fully saturated rings. The number of hydrogen-bond donors (Lipinski definition) is 1. The van der Waals surface area contributed by atoms with Gasteiger partial charge in [0.15, 0.2) is 6.61 Å². The van der Waals surface area contributed by atoms with Crippen molar-refractivity contribution in [3.05, 3.63) is 100 Å². The number of nitrogens with one attached hydrogen (secondary N) is 1. The summed E-state index contributed by atoms with van der Waals surface area (Å²) in [4.78, 5) is 28.7. The van der Waals surface area contributed by atoms with Crippen molar-refractivity contribution in [2.24, 2.45) is 0 Å². The van der Waals surface area contributed by atoms with Gasteiger partial charge in [0, 0.05) is 24.5 Å². The fourth-order valence-electron chi connectivity index (χ4n) is 4.05. The minimum atomic E-state index is -0.712. The molecule has 0 saturated heterocycles. The molecular weight excluding hydrogens is 472 g/mol. The smallest absolute Gasteiger partial charge is 0.261 e. The van der Waals surface area contributed by atoms with Gasteiger partial charge in [0.2, 0.25) is 5.91 Å². The summed E-state index contributed by atoms with van der Waals surface area (Å²) in [5.41, 5.74) is 3.83. The average Bonchev–Trinajstić information content (AvgIpc) is 2.87. The Morgan fingerprint density at radius 2 is 1.72 bits per heavy atom. The Kier molecular flexibility index (Phi) is 10.4. The highest BCUT2D eigenvalue weighted by Crippen LogP contribution is 2.22. The SMILES string of the molecule is CCCCNC(=O)[C@H](Cc1ccccc1)N(Cc1ccccc1Cl)C(=O)COc1ccc(C)cc1C. The quantitative estimate of drug-likeness (QED) is 0.311. The standard InChI is InChI=1S/C30H35ClN2O3/c1-4-5-17-32-30(35)27(19-24-11-7-6-8-12-24)33(20-25-13-9-10-14-26(25)31)29(34)21-36-28-16-15-22(2)18-23(28)3/h6-16,18,27H,4-5,17,19-21H2,1-3H3,(H,32,35)/t27-/m0/s1. The predicted octanol–water partition coefficient (Wildman–Crippen LogP) is 5.89. The molecule has 3 aromatic carbocycles. The summed E-state index contributed by atoms with van der Waals surface area (Å²) in [5, 5.41) is 3.57. The van der Waals surface area contributed by atoms with Gasteiger partial charge in [0.1, 0.15) is 11.8 Å². The van der Waals surface area contributed by atoms with Gasteiger partial charge in [-0.3, -0.25) is 9.59 Å². The van der Waals surface area contributed by atoms with Gasteiger partial charge in [-0.25, -0.2) is 0 Å². The van der Waals surface area contributed by atoms with Crippen LogP contribution < -0.4 is 10.1 Å². The first-order chi connectivity index (χ1) is 17.4. The molecule has 6 heteroatoms. The van der Waals surface area contributed by atoms with Crippen LogP contribution in [0.15, 0.2) is 72.8 Å². The van der Waals surface area contributed by atoms with Crippen molar-refractivity contribution in [1.29, 1.82) is 0 Å². The number of amides is 2. The average molecular weight is 507 g/mol. The lowest BCUT2D eigenvalue weighted by molar-refractivity contribution is -0.142. The zero-order valence-electron chi connectivity index (χ0n) is 21.3. The van der Waals surface area contributed by atoms with E-state index in [1.54, 1.807) is 11.0 Å². The molecule has 0 aliphatic carbocycles. The molecule has 0 aromatic heterocycles. The molecule has 190 valence electrons. The van der Waals surface area contributed by atoms with Gasteiger partial charge in [-0.15, -0.1) is 0 Å². The van der Waals surface area contributed by atoms with Crippen LogP contribution in [0.5, 0.6) is 5.75 Å². The Hall–Kier alpha value is -3.31. The molecule has 1 atom stereocenters. The highest BCUT2D eigenvalue weighted by atomic mass is 35.5. The van der Waals surface area contributed by atoms with Crippen LogP contribution in [0.1, 0.15) is 42.0 Å². The van der Waals surface area contributed by atoms with E-state index in [0.717, 1.165) is 35.1 Å². The summed E-state index contributed by atoms with van der Waals surface area (Å²) in [7, 11) is 0. The Balaban J connectivity index is 1.90. The molecule has 1 N–H and O–H groups in total. The van der Waals surface area contributed by atoms with Gasteiger partial charge in [0.05, 0.1) is 0 Å². The first-order valence-electron chi connectivity index (χ1n) is 12.4. The van der Waals surface area contributed by atoms with Crippen LogP contribution in [-0.2, 0) is 22.6 Å². The van der Waals surface area contributed by atoms with Gasteiger partial charge >= 0.3 is 0 Å². The van der Waals surface area contributed by atoms with E-state index in [-0.39, 0.29) is 25.0 Å². The van der Waals surface area contributed by atoms with E-state index in [0.29, 0.717) is 23.7 Å². The van der Waals surface area contributed by atoms with Gasteiger partial charge in [-0.2, -0.15) is 0 Å². The Morgan fingerprint density at radius 3 is 2.42 bits per heavy atom. The summed E-state index contributed by atoms with van der Waals surface area (Å²) in [6.07, 6.45) is 2.23. The molecule has 0 radical (unpaired) electrons. The van der Waals surface area contributed by atoms with E-state index in [1.165, 1.54) is 0 Å². The van der Waals surface area contributed by atoms with Crippen LogP contribution in [-0.4, -0.2) is 35.9 Å². The molecule has 3 aromatic rings. The molecule has 0 bridgehead atoms. The topological polar surface area (TPSA) is 58.6 Å².